The number of nitrogens with zero attached hydrogens (tertiary/aromatic N) is 3. The highest BCUT2D eigenvalue weighted by molar-refractivity contribution is 5.85. The lowest BCUT2D eigenvalue weighted by atomic mass is 9.94. The zero-order valence-electron chi connectivity index (χ0n) is 29.8. The number of nitrogens with one attached hydrogen (secondary N) is 3. The highest BCUT2D eigenvalue weighted by Gasteiger charge is 2.47. The molecule has 0 radical (unpaired) electrons. The molecule has 0 spiro atoms. The predicted octanol–water partition coefficient (Wildman–Crippen LogP) is 0.0846. The average Bonchev–Trinajstić information content (AvgIpc) is 3.66. The fourth-order valence-corrected chi connectivity index (χ4v) is 6.98. The Balaban J connectivity index is 0.000000166. The largest absolute Gasteiger partial charge is 0.388 e. The van der Waals surface area contributed by atoms with Crippen LogP contribution in [0.25, 0.3) is 0 Å². The molecule has 0 saturated carbocycles. The molecule has 3 saturated heterocycles. The summed E-state index contributed by atoms with van der Waals surface area (Å²) in [4.78, 5) is 13.4. The zero-order chi connectivity index (χ0) is 35.7. The van der Waals surface area contributed by atoms with E-state index in [2.05, 4.69) is 60.6 Å². The van der Waals surface area contributed by atoms with Crippen LogP contribution in [-0.2, 0) is 14.2 Å². The van der Waals surface area contributed by atoms with Crippen molar-refractivity contribution < 1.29 is 44.8 Å². The number of hydrogen-bond acceptors (Lipinski definition) is 15. The van der Waals surface area contributed by atoms with Gasteiger partial charge in [0.1, 0.15) is 42.7 Å². The molecule has 0 aromatic carbocycles. The Kier molecular flexibility index (Phi) is 15.5. The van der Waals surface area contributed by atoms with E-state index in [0.29, 0.717) is 31.3 Å². The quantitative estimate of drug-likeness (QED) is 0.148. The number of aliphatic imine (C=N–C) groups is 3. The molecule has 0 amide bonds. The number of hydrogen-bond donors (Lipinski definition) is 9. The van der Waals surface area contributed by atoms with E-state index >= 15 is 0 Å². The van der Waals surface area contributed by atoms with Gasteiger partial charge in [0.2, 0.25) is 0 Å². The normalized spacial score (nSPS) is 40.6. The van der Waals surface area contributed by atoms with Gasteiger partial charge in [-0.15, -0.1) is 0 Å². The van der Waals surface area contributed by atoms with Crippen LogP contribution in [0.2, 0.25) is 0 Å². The van der Waals surface area contributed by atoms with Crippen molar-refractivity contribution >= 4 is 17.5 Å². The second kappa shape index (κ2) is 19.0. The van der Waals surface area contributed by atoms with Crippen molar-refractivity contribution in [2.24, 2.45) is 15.0 Å². The van der Waals surface area contributed by atoms with Gasteiger partial charge in [0.05, 0.1) is 60.9 Å². The van der Waals surface area contributed by atoms with Crippen molar-refractivity contribution in [1.82, 2.24) is 16.0 Å². The van der Waals surface area contributed by atoms with Crippen LogP contribution < -0.4 is 16.0 Å². The Morgan fingerprint density at radius 2 is 1.02 bits per heavy atom. The number of unbranched alkanes of at least 4 members (excludes halogenated alkanes) is 3. The van der Waals surface area contributed by atoms with Crippen molar-refractivity contribution in [2.45, 2.75) is 184 Å². The summed E-state index contributed by atoms with van der Waals surface area (Å²) in [7, 11) is 0. The van der Waals surface area contributed by atoms with Gasteiger partial charge >= 0.3 is 0 Å². The Hall–Kier alpha value is -1.95. The smallest absolute Gasteiger partial charge is 0.183 e. The summed E-state index contributed by atoms with van der Waals surface area (Å²) in [5, 5.41) is 67.3. The van der Waals surface area contributed by atoms with E-state index in [1.807, 2.05) is 0 Å². The lowest BCUT2D eigenvalue weighted by Gasteiger charge is -2.43. The number of fused-ring (bicyclic) bond motifs is 3. The number of aliphatic hydroxyl groups excluding tert-OH is 6. The molecule has 6 heterocycles. The molecular weight excluding hydrogens is 636 g/mol. The monoisotopic (exact) mass is 698 g/mol. The molecule has 49 heavy (non-hydrogen) atoms. The Morgan fingerprint density at radius 1 is 0.592 bits per heavy atom. The van der Waals surface area contributed by atoms with Crippen molar-refractivity contribution in [3.63, 3.8) is 0 Å². The van der Waals surface area contributed by atoms with Crippen LogP contribution in [0.1, 0.15) is 98.8 Å². The molecule has 15 nitrogen and oxygen atoms in total. The van der Waals surface area contributed by atoms with Gasteiger partial charge in [0, 0.05) is 19.3 Å². The molecular formula is C34H62N6O9. The maximum atomic E-state index is 9.88. The molecule has 6 rings (SSSR count). The highest BCUT2D eigenvalue weighted by Crippen LogP contribution is 2.30. The molecule has 0 aliphatic carbocycles. The summed E-state index contributed by atoms with van der Waals surface area (Å²) in [5.41, 5.74) is 0. The second-order valence-electron chi connectivity index (χ2n) is 13.8. The Labute approximate surface area is 290 Å². The first kappa shape index (κ1) is 39.8. The maximum Gasteiger partial charge on any atom is 0.183 e. The number of rotatable bonds is 10. The summed E-state index contributed by atoms with van der Waals surface area (Å²) in [5.74, 6) is 2.90. The summed E-state index contributed by atoms with van der Waals surface area (Å²) < 4.78 is 16.3. The third-order valence-electron chi connectivity index (χ3n) is 10.0. The van der Waals surface area contributed by atoms with Crippen LogP contribution in [0.3, 0.4) is 0 Å². The summed E-state index contributed by atoms with van der Waals surface area (Å²) in [6.45, 7) is 11.6. The van der Waals surface area contributed by atoms with Crippen molar-refractivity contribution in [2.75, 3.05) is 13.1 Å². The lowest BCUT2D eigenvalue weighted by Crippen LogP contribution is -2.65. The first-order valence-electron chi connectivity index (χ1n) is 18.5. The summed E-state index contributed by atoms with van der Waals surface area (Å²) in [6.07, 6.45) is 3.16. The van der Waals surface area contributed by atoms with E-state index in [-0.39, 0.29) is 18.3 Å². The van der Waals surface area contributed by atoms with Gasteiger partial charge in [-0.2, -0.15) is 0 Å². The van der Waals surface area contributed by atoms with Gasteiger partial charge in [-0.3, -0.25) is 15.0 Å². The summed E-state index contributed by atoms with van der Waals surface area (Å²) in [6, 6.07) is 0.0224. The predicted molar refractivity (Wildman–Crippen MR) is 186 cm³/mol. The molecule has 0 aromatic rings. The van der Waals surface area contributed by atoms with Gasteiger partial charge in [-0.1, -0.05) is 47.0 Å². The van der Waals surface area contributed by atoms with Gasteiger partial charge in [-0.25, -0.2) is 0 Å². The standard InChI is InChI=1S/C12H22N2O.2C11H20N2O4/c1-4-6-7-10-13-11-8(3)15-9(5-2)12(11)14-10;2*1-2-3-4-7-12-5-6-8(13-7)9(14)10(15)11(16)17-6/h8-9,11-12H,4-7H2,1-3H3,(H,13,14);2*6,8-11,14-16H,2-5H2,1H3,(H,12,13). The molecule has 14 atom stereocenters. The fourth-order valence-electron chi connectivity index (χ4n) is 6.98. The van der Waals surface area contributed by atoms with E-state index in [0.717, 1.165) is 63.0 Å². The van der Waals surface area contributed by atoms with Crippen molar-refractivity contribution in [1.29, 1.82) is 0 Å². The van der Waals surface area contributed by atoms with E-state index in [9.17, 15) is 30.6 Å². The molecule has 282 valence electrons. The topological polar surface area (TPSA) is 222 Å². The van der Waals surface area contributed by atoms with E-state index in [4.69, 9.17) is 19.2 Å². The van der Waals surface area contributed by atoms with Crippen molar-refractivity contribution in [3.05, 3.63) is 0 Å². The molecule has 9 N–H and O–H groups in total. The molecule has 6 aliphatic heterocycles. The lowest BCUT2D eigenvalue weighted by molar-refractivity contribution is -0.254. The number of aliphatic hydroxyl groups is 6. The maximum absolute atomic E-state index is 9.88. The molecule has 0 aromatic heterocycles. The van der Waals surface area contributed by atoms with E-state index < -0.39 is 49.1 Å². The molecule has 14 unspecified atom stereocenters. The van der Waals surface area contributed by atoms with Crippen LogP contribution in [0.4, 0.5) is 0 Å². The Morgan fingerprint density at radius 3 is 1.45 bits per heavy atom. The third-order valence-corrected chi connectivity index (χ3v) is 10.0. The molecule has 6 aliphatic rings. The van der Waals surface area contributed by atoms with Crippen LogP contribution in [-0.4, -0.2) is 147 Å². The molecule has 0 bridgehead atoms. The van der Waals surface area contributed by atoms with E-state index in [1.54, 1.807) is 0 Å². The average molecular weight is 699 g/mol. The highest BCUT2D eigenvalue weighted by atomic mass is 16.6. The van der Waals surface area contributed by atoms with E-state index in [1.165, 1.54) is 18.7 Å². The first-order chi connectivity index (χ1) is 23.5. The van der Waals surface area contributed by atoms with Crippen LogP contribution in [0.5, 0.6) is 0 Å². The second-order valence-corrected chi connectivity index (χ2v) is 13.8. The Bertz CT molecular complexity index is 1060. The third kappa shape index (κ3) is 10.1. The SMILES string of the molecule is CCCCC1=NC2C(C)OC(CC)C2N1.CCCCC1=NCC2OC(O)C(O)C(O)C2N1.CCCCC1=NCC2OC(O)C(O)C(O)C2N1. The first-order valence-corrected chi connectivity index (χ1v) is 18.5. The van der Waals surface area contributed by atoms with Gasteiger partial charge in [0.15, 0.2) is 12.6 Å². The minimum Gasteiger partial charge on any atom is -0.388 e. The molecule has 3 fully saturated rings. The van der Waals surface area contributed by atoms with Gasteiger partial charge in [-0.05, 0) is 32.6 Å². The summed E-state index contributed by atoms with van der Waals surface area (Å²) >= 11 is 0. The minimum atomic E-state index is -1.33. The molecule has 15 heteroatoms. The van der Waals surface area contributed by atoms with Gasteiger partial charge in [0.25, 0.3) is 0 Å². The fraction of sp³-hybridized carbons (Fsp3) is 0.912. The zero-order valence-corrected chi connectivity index (χ0v) is 29.8. The number of amidine groups is 3. The van der Waals surface area contributed by atoms with Crippen LogP contribution >= 0.6 is 0 Å². The minimum absolute atomic E-state index is 0.284. The van der Waals surface area contributed by atoms with Crippen LogP contribution in [0.15, 0.2) is 15.0 Å². The van der Waals surface area contributed by atoms with Gasteiger partial charge < -0.3 is 60.8 Å². The van der Waals surface area contributed by atoms with Crippen molar-refractivity contribution in [3.8, 4) is 0 Å². The number of ether oxygens (including phenoxy) is 3. The van der Waals surface area contributed by atoms with Crippen LogP contribution in [0, 0.1) is 0 Å².